The topological polar surface area (TPSA) is 46.5 Å². The van der Waals surface area contributed by atoms with Crippen LogP contribution in [0.4, 0.5) is 0 Å². The van der Waals surface area contributed by atoms with Crippen LogP contribution in [0.15, 0.2) is 0 Å². The largest absolute Gasteiger partial charge is 0.302 e. The molecule has 4 atom stereocenters. The van der Waals surface area contributed by atoms with Crippen molar-refractivity contribution in [1.29, 1.82) is 0 Å². The first-order chi connectivity index (χ1) is 6.77. The maximum absolute atomic E-state index is 10.6. The minimum Gasteiger partial charge on any atom is -0.284 e. The molecule has 2 rings (SSSR count). The molecule has 2 saturated carbocycles. The van der Waals surface area contributed by atoms with E-state index in [0.29, 0.717) is 5.92 Å². The second-order valence-corrected chi connectivity index (χ2v) is 5.12. The Morgan fingerprint density at radius 3 is 2.57 bits per heavy atom. The van der Waals surface area contributed by atoms with E-state index in [4.69, 9.17) is 8.74 Å². The quantitative estimate of drug-likeness (QED) is 0.724. The van der Waals surface area contributed by atoms with E-state index in [2.05, 4.69) is 0 Å². The first kappa shape index (κ1) is 10.6. The van der Waals surface area contributed by atoms with Crippen LogP contribution in [0.25, 0.3) is 0 Å². The third kappa shape index (κ3) is 2.35. The van der Waals surface area contributed by atoms with E-state index in [1.165, 1.54) is 32.1 Å². The summed E-state index contributed by atoms with van der Waals surface area (Å²) in [4.78, 5) is 0. The second kappa shape index (κ2) is 4.73. The van der Waals surface area contributed by atoms with Crippen LogP contribution in [0.1, 0.15) is 44.9 Å². The van der Waals surface area contributed by atoms with Gasteiger partial charge in [0.15, 0.2) is 0 Å². The highest BCUT2D eigenvalue weighted by molar-refractivity contribution is 7.74. The van der Waals surface area contributed by atoms with Crippen molar-refractivity contribution in [3.8, 4) is 0 Å². The molecule has 0 aromatic rings. The van der Waals surface area contributed by atoms with Crippen molar-refractivity contribution < 1.29 is 12.9 Å². The molecule has 4 heteroatoms. The van der Waals surface area contributed by atoms with E-state index >= 15 is 0 Å². The third-order valence-electron chi connectivity index (χ3n) is 3.71. The normalized spacial score (nSPS) is 40.2. The van der Waals surface area contributed by atoms with Crippen molar-refractivity contribution in [3.63, 3.8) is 0 Å². The fourth-order valence-corrected chi connectivity index (χ4v) is 3.56. The number of fused-ring (bicyclic) bond motifs is 1. The molecule has 2 fully saturated rings. The molecule has 0 radical (unpaired) electrons. The highest BCUT2D eigenvalue weighted by atomic mass is 32.2. The zero-order valence-electron chi connectivity index (χ0n) is 8.35. The molecule has 1 N–H and O–H groups in total. The van der Waals surface area contributed by atoms with E-state index in [1.54, 1.807) is 0 Å². The zero-order chi connectivity index (χ0) is 9.97. The lowest BCUT2D eigenvalue weighted by atomic mass is 9.69. The van der Waals surface area contributed by atoms with Gasteiger partial charge >= 0.3 is 11.4 Å². The molecule has 0 aliphatic heterocycles. The Hall–Kier alpha value is 0.0700. The van der Waals surface area contributed by atoms with Crippen LogP contribution in [0.5, 0.6) is 0 Å². The summed E-state index contributed by atoms with van der Waals surface area (Å²) >= 11 is -2.08. The van der Waals surface area contributed by atoms with Gasteiger partial charge in [0, 0.05) is 0 Å². The van der Waals surface area contributed by atoms with Crippen molar-refractivity contribution in [3.05, 3.63) is 0 Å². The third-order valence-corrected chi connectivity index (χ3v) is 4.13. The van der Waals surface area contributed by atoms with Gasteiger partial charge in [0.2, 0.25) is 0 Å². The molecule has 4 unspecified atom stereocenters. The van der Waals surface area contributed by atoms with Crippen molar-refractivity contribution in [2.75, 3.05) is 0 Å². The standard InChI is InChI=1S/C10H18O3S/c11-14(12)13-10-7-3-5-8-4-1-2-6-9(8)10/h8-10H,1-7H2,(H,11,12). The summed E-state index contributed by atoms with van der Waals surface area (Å²) in [7, 11) is 0. The van der Waals surface area contributed by atoms with E-state index < -0.39 is 11.4 Å². The summed E-state index contributed by atoms with van der Waals surface area (Å²) in [6.07, 6.45) is 8.53. The molecule has 3 nitrogen and oxygen atoms in total. The minimum absolute atomic E-state index is 0.0416. The lowest BCUT2D eigenvalue weighted by Crippen LogP contribution is -2.36. The summed E-state index contributed by atoms with van der Waals surface area (Å²) in [5.74, 6) is 1.31. The number of rotatable bonds is 2. The van der Waals surface area contributed by atoms with E-state index in [-0.39, 0.29) is 6.10 Å². The Balaban J connectivity index is 1.97. The van der Waals surface area contributed by atoms with Crippen LogP contribution in [0.2, 0.25) is 0 Å². The maximum atomic E-state index is 10.6. The van der Waals surface area contributed by atoms with Crippen LogP contribution in [0, 0.1) is 11.8 Å². The predicted octanol–water partition coefficient (Wildman–Crippen LogP) is 2.50. The van der Waals surface area contributed by atoms with Crippen molar-refractivity contribution >= 4 is 11.4 Å². The Bertz CT molecular complexity index is 217. The van der Waals surface area contributed by atoms with Gasteiger partial charge in [0.05, 0.1) is 6.10 Å². The summed E-state index contributed by atoms with van der Waals surface area (Å²) in [6.45, 7) is 0. The van der Waals surface area contributed by atoms with Gasteiger partial charge in [-0.25, -0.2) is 0 Å². The Morgan fingerprint density at radius 1 is 1.07 bits per heavy atom. The van der Waals surface area contributed by atoms with E-state index in [1.807, 2.05) is 0 Å². The summed E-state index contributed by atoms with van der Waals surface area (Å²) in [5, 5.41) is 0. The second-order valence-electron chi connectivity index (χ2n) is 4.49. The minimum atomic E-state index is -2.08. The van der Waals surface area contributed by atoms with Crippen LogP contribution >= 0.6 is 0 Å². The van der Waals surface area contributed by atoms with Gasteiger partial charge in [0.25, 0.3) is 0 Å². The number of hydrogen-bond donors (Lipinski definition) is 1. The molecule has 0 bridgehead atoms. The number of hydrogen-bond acceptors (Lipinski definition) is 2. The van der Waals surface area contributed by atoms with Crippen LogP contribution in [-0.4, -0.2) is 14.9 Å². The van der Waals surface area contributed by atoms with Crippen molar-refractivity contribution in [1.82, 2.24) is 0 Å². The van der Waals surface area contributed by atoms with Crippen molar-refractivity contribution in [2.45, 2.75) is 51.0 Å². The van der Waals surface area contributed by atoms with Gasteiger partial charge in [-0.3, -0.25) is 8.74 Å². The van der Waals surface area contributed by atoms with Gasteiger partial charge in [-0.2, -0.15) is 4.21 Å². The molecule has 0 amide bonds. The highest BCUT2D eigenvalue weighted by Gasteiger charge is 2.36. The Kier molecular flexibility index (Phi) is 3.57. The lowest BCUT2D eigenvalue weighted by molar-refractivity contribution is 0.0309. The monoisotopic (exact) mass is 218 g/mol. The molecule has 82 valence electrons. The maximum Gasteiger partial charge on any atom is 0.302 e. The molecule has 0 aromatic heterocycles. The fraction of sp³-hybridized carbons (Fsp3) is 1.00. The van der Waals surface area contributed by atoms with Crippen LogP contribution in [0.3, 0.4) is 0 Å². The highest BCUT2D eigenvalue weighted by Crippen LogP contribution is 2.41. The van der Waals surface area contributed by atoms with Crippen LogP contribution < -0.4 is 0 Å². The smallest absolute Gasteiger partial charge is 0.284 e. The summed E-state index contributed by atoms with van der Waals surface area (Å²) in [6, 6.07) is 0. The van der Waals surface area contributed by atoms with Gasteiger partial charge in [-0.15, -0.1) is 0 Å². The first-order valence-corrected chi connectivity index (χ1v) is 6.58. The van der Waals surface area contributed by atoms with Crippen molar-refractivity contribution in [2.24, 2.45) is 11.8 Å². The van der Waals surface area contributed by atoms with Gasteiger partial charge < -0.3 is 0 Å². The van der Waals surface area contributed by atoms with Gasteiger partial charge in [0.1, 0.15) is 0 Å². The molecular weight excluding hydrogens is 200 g/mol. The predicted molar refractivity (Wildman–Crippen MR) is 54.9 cm³/mol. The molecular formula is C10H18O3S. The lowest BCUT2D eigenvalue weighted by Gasteiger charge is -2.40. The SMILES string of the molecule is O=S(O)OC1CCCC2CCCCC21. The summed E-state index contributed by atoms with van der Waals surface area (Å²) in [5.41, 5.74) is 0. The summed E-state index contributed by atoms with van der Waals surface area (Å²) < 4.78 is 24.5. The molecule has 0 spiro atoms. The average Bonchev–Trinajstić information content (AvgIpc) is 2.18. The fourth-order valence-electron chi connectivity index (χ4n) is 3.10. The molecule has 0 saturated heterocycles. The van der Waals surface area contributed by atoms with Gasteiger partial charge in [-0.05, 0) is 31.1 Å². The average molecular weight is 218 g/mol. The van der Waals surface area contributed by atoms with Crippen LogP contribution in [-0.2, 0) is 15.5 Å². The first-order valence-electron chi connectivity index (χ1n) is 5.55. The van der Waals surface area contributed by atoms with E-state index in [0.717, 1.165) is 18.8 Å². The van der Waals surface area contributed by atoms with Gasteiger partial charge in [-0.1, -0.05) is 25.7 Å². The molecule has 0 aromatic carbocycles. The Labute approximate surface area is 87.7 Å². The zero-order valence-corrected chi connectivity index (χ0v) is 9.17. The Morgan fingerprint density at radius 2 is 1.79 bits per heavy atom. The molecule has 2 aliphatic rings. The molecule has 2 aliphatic carbocycles. The molecule has 0 heterocycles. The van der Waals surface area contributed by atoms with E-state index in [9.17, 15) is 4.21 Å². The molecule has 14 heavy (non-hydrogen) atoms.